The van der Waals surface area contributed by atoms with E-state index < -0.39 is 0 Å². The van der Waals surface area contributed by atoms with Crippen molar-refractivity contribution < 1.29 is 19.0 Å². The molecule has 8 nitrogen and oxygen atoms in total. The molecule has 2 aromatic rings. The van der Waals surface area contributed by atoms with Crippen LogP contribution in [-0.2, 0) is 35.5 Å². The molecule has 1 aromatic heterocycles. The molecule has 1 fully saturated rings. The summed E-state index contributed by atoms with van der Waals surface area (Å²) in [7, 11) is 0. The highest BCUT2D eigenvalue weighted by atomic mass is 32.2. The van der Waals surface area contributed by atoms with Crippen molar-refractivity contribution in [3.05, 3.63) is 45.5 Å². The molecule has 32 heavy (non-hydrogen) atoms. The number of nitrogens with one attached hydrogen (secondary N) is 1. The smallest absolute Gasteiger partial charge is 0.348 e. The van der Waals surface area contributed by atoms with Gasteiger partial charge in [0.2, 0.25) is 12.7 Å². The number of amides is 1. The number of thioether (sulfide) groups is 1. The van der Waals surface area contributed by atoms with E-state index in [1.807, 2.05) is 22.8 Å². The molecular formula is C23H27N3O5S. The third kappa shape index (κ3) is 4.63. The highest BCUT2D eigenvalue weighted by Crippen LogP contribution is 2.32. The molecule has 1 saturated heterocycles. The van der Waals surface area contributed by atoms with Crippen LogP contribution in [0.25, 0.3) is 0 Å². The van der Waals surface area contributed by atoms with Crippen molar-refractivity contribution in [1.82, 2.24) is 14.9 Å². The first-order valence-corrected chi connectivity index (χ1v) is 12.2. The highest BCUT2D eigenvalue weighted by molar-refractivity contribution is 7.99. The van der Waals surface area contributed by atoms with Gasteiger partial charge in [0, 0.05) is 24.4 Å². The minimum Gasteiger partial charge on any atom is -0.454 e. The van der Waals surface area contributed by atoms with Crippen LogP contribution in [0.15, 0.2) is 28.0 Å². The molecule has 1 N–H and O–H groups in total. The number of ether oxygens (including phenoxy) is 3. The van der Waals surface area contributed by atoms with Crippen molar-refractivity contribution >= 4 is 17.7 Å². The van der Waals surface area contributed by atoms with Crippen LogP contribution in [0, 0.1) is 0 Å². The van der Waals surface area contributed by atoms with E-state index in [2.05, 4.69) is 10.3 Å². The largest absolute Gasteiger partial charge is 0.454 e. The van der Waals surface area contributed by atoms with Crippen LogP contribution in [0.4, 0.5) is 0 Å². The van der Waals surface area contributed by atoms with Gasteiger partial charge < -0.3 is 19.5 Å². The van der Waals surface area contributed by atoms with E-state index in [9.17, 15) is 9.59 Å². The molecule has 0 saturated carbocycles. The van der Waals surface area contributed by atoms with E-state index >= 15 is 0 Å². The van der Waals surface area contributed by atoms with E-state index in [1.54, 1.807) is 0 Å². The Balaban J connectivity index is 1.23. The summed E-state index contributed by atoms with van der Waals surface area (Å²) < 4.78 is 18.2. The monoisotopic (exact) mass is 457 g/mol. The maximum Gasteiger partial charge on any atom is 0.348 e. The summed E-state index contributed by atoms with van der Waals surface area (Å²) in [6, 6.07) is 5.63. The van der Waals surface area contributed by atoms with Gasteiger partial charge in [0.1, 0.15) is 5.03 Å². The topological polar surface area (TPSA) is 91.7 Å². The van der Waals surface area contributed by atoms with Crippen LogP contribution in [0.1, 0.15) is 42.5 Å². The lowest BCUT2D eigenvalue weighted by Gasteiger charge is -2.24. The Morgan fingerprint density at radius 1 is 1.19 bits per heavy atom. The van der Waals surface area contributed by atoms with Crippen LogP contribution >= 0.6 is 11.8 Å². The van der Waals surface area contributed by atoms with E-state index in [0.717, 1.165) is 67.7 Å². The third-order valence-electron chi connectivity index (χ3n) is 6.13. The van der Waals surface area contributed by atoms with Gasteiger partial charge in [-0.15, -0.1) is 0 Å². The fraction of sp³-hybridized carbons (Fsp3) is 0.522. The maximum absolute atomic E-state index is 12.8. The van der Waals surface area contributed by atoms with E-state index in [4.69, 9.17) is 14.2 Å². The lowest BCUT2D eigenvalue weighted by atomic mass is 9.97. The van der Waals surface area contributed by atoms with E-state index in [0.29, 0.717) is 23.9 Å². The third-order valence-corrected chi connectivity index (χ3v) is 7.15. The van der Waals surface area contributed by atoms with Crippen LogP contribution in [0.5, 0.6) is 11.5 Å². The SMILES string of the molecule is O=C(CSc1nc(=O)n(CC2CCCO2)c2c1CCCC2)NCc1ccc2c(c1)OCO2. The van der Waals surface area contributed by atoms with Crippen molar-refractivity contribution in [2.75, 3.05) is 19.2 Å². The van der Waals surface area contributed by atoms with Gasteiger partial charge in [-0.25, -0.2) is 4.79 Å². The maximum atomic E-state index is 12.8. The first-order chi connectivity index (χ1) is 15.7. The minimum atomic E-state index is -0.232. The Morgan fingerprint density at radius 2 is 2.06 bits per heavy atom. The summed E-state index contributed by atoms with van der Waals surface area (Å²) in [5.41, 5.74) is 2.92. The lowest BCUT2D eigenvalue weighted by Crippen LogP contribution is -2.34. The summed E-state index contributed by atoms with van der Waals surface area (Å²) in [6.07, 6.45) is 6.06. The molecule has 3 heterocycles. The number of carbonyl (C=O) groups is 1. The number of aromatic nitrogens is 2. The Kier molecular flexibility index (Phi) is 6.36. The quantitative estimate of drug-likeness (QED) is 0.504. The Morgan fingerprint density at radius 3 is 2.94 bits per heavy atom. The average Bonchev–Trinajstić information content (AvgIpc) is 3.50. The fourth-order valence-corrected chi connectivity index (χ4v) is 5.39. The van der Waals surface area contributed by atoms with Crippen LogP contribution in [0.2, 0.25) is 0 Å². The standard InChI is InChI=1S/C23H27N3O5S/c27-21(24-11-15-7-8-19-20(10-15)31-14-30-19)13-32-22-17-5-1-2-6-18(17)26(23(28)25-22)12-16-4-3-9-29-16/h7-8,10,16H,1-6,9,11-14H2,(H,24,27). The van der Waals surface area contributed by atoms with E-state index in [-0.39, 0.29) is 30.2 Å². The predicted octanol–water partition coefficient (Wildman–Crippen LogP) is 2.44. The van der Waals surface area contributed by atoms with Gasteiger partial charge in [-0.3, -0.25) is 9.36 Å². The number of rotatable bonds is 7. The molecule has 170 valence electrons. The summed E-state index contributed by atoms with van der Waals surface area (Å²) in [6.45, 7) is 1.98. The van der Waals surface area contributed by atoms with Crippen molar-refractivity contribution in [3.63, 3.8) is 0 Å². The Labute approximate surface area is 190 Å². The van der Waals surface area contributed by atoms with Crippen LogP contribution in [0.3, 0.4) is 0 Å². The van der Waals surface area contributed by atoms with Crippen molar-refractivity contribution in [2.24, 2.45) is 0 Å². The van der Waals surface area contributed by atoms with Gasteiger partial charge in [-0.2, -0.15) is 4.98 Å². The predicted molar refractivity (Wildman–Crippen MR) is 119 cm³/mol. The molecule has 1 aromatic carbocycles. The van der Waals surface area contributed by atoms with Gasteiger partial charge >= 0.3 is 5.69 Å². The number of hydrogen-bond acceptors (Lipinski definition) is 7. The molecule has 0 bridgehead atoms. The zero-order valence-corrected chi connectivity index (χ0v) is 18.7. The molecule has 5 rings (SSSR count). The van der Waals surface area contributed by atoms with Gasteiger partial charge in [-0.1, -0.05) is 17.8 Å². The van der Waals surface area contributed by atoms with Crippen molar-refractivity contribution in [3.8, 4) is 11.5 Å². The lowest BCUT2D eigenvalue weighted by molar-refractivity contribution is -0.118. The Hall–Kier alpha value is -2.52. The highest BCUT2D eigenvalue weighted by Gasteiger charge is 2.24. The molecule has 1 unspecified atom stereocenters. The molecule has 1 aliphatic carbocycles. The van der Waals surface area contributed by atoms with Crippen LogP contribution in [-0.4, -0.2) is 40.7 Å². The molecule has 9 heteroatoms. The fourth-order valence-electron chi connectivity index (χ4n) is 4.48. The Bertz CT molecular complexity index is 1060. The average molecular weight is 458 g/mol. The zero-order chi connectivity index (χ0) is 21.9. The normalized spacial score (nSPS) is 19.1. The second-order valence-electron chi connectivity index (χ2n) is 8.33. The van der Waals surface area contributed by atoms with Gasteiger partial charge in [0.25, 0.3) is 0 Å². The van der Waals surface area contributed by atoms with Gasteiger partial charge in [-0.05, 0) is 56.2 Å². The molecule has 1 amide bonds. The summed E-state index contributed by atoms with van der Waals surface area (Å²) in [5.74, 6) is 1.55. The first-order valence-electron chi connectivity index (χ1n) is 11.2. The summed E-state index contributed by atoms with van der Waals surface area (Å²) >= 11 is 1.35. The number of carbonyl (C=O) groups excluding carboxylic acids is 1. The first kappa shape index (κ1) is 21.3. The molecule has 3 aliphatic rings. The van der Waals surface area contributed by atoms with Gasteiger partial charge in [0.05, 0.1) is 18.4 Å². The molecule has 0 spiro atoms. The zero-order valence-electron chi connectivity index (χ0n) is 17.9. The summed E-state index contributed by atoms with van der Waals surface area (Å²) in [4.78, 5) is 29.6. The van der Waals surface area contributed by atoms with Crippen LogP contribution < -0.4 is 20.5 Å². The number of benzene rings is 1. The molecule has 2 aliphatic heterocycles. The summed E-state index contributed by atoms with van der Waals surface area (Å²) in [5, 5.41) is 3.63. The second-order valence-corrected chi connectivity index (χ2v) is 9.29. The molecule has 1 atom stereocenters. The molecular weight excluding hydrogens is 430 g/mol. The van der Waals surface area contributed by atoms with E-state index in [1.165, 1.54) is 11.8 Å². The number of hydrogen-bond donors (Lipinski definition) is 1. The number of fused-ring (bicyclic) bond motifs is 2. The van der Waals surface area contributed by atoms with Gasteiger partial charge in [0.15, 0.2) is 11.5 Å². The van der Waals surface area contributed by atoms with Crippen molar-refractivity contribution in [2.45, 2.75) is 62.7 Å². The second kappa shape index (κ2) is 9.54. The number of nitrogens with zero attached hydrogens (tertiary/aromatic N) is 2. The van der Waals surface area contributed by atoms with Crippen molar-refractivity contribution in [1.29, 1.82) is 0 Å². The minimum absolute atomic E-state index is 0.0949. The molecule has 0 radical (unpaired) electrons.